The summed E-state index contributed by atoms with van der Waals surface area (Å²) in [5.74, 6) is 12.2. The van der Waals surface area contributed by atoms with Crippen LogP contribution in [0.3, 0.4) is 0 Å². The highest BCUT2D eigenvalue weighted by Crippen LogP contribution is 2.36. The van der Waals surface area contributed by atoms with Crippen LogP contribution in [0.25, 0.3) is 0 Å². The largest absolute Gasteiger partial charge is 0.453 e. The van der Waals surface area contributed by atoms with Crippen molar-refractivity contribution in [3.05, 3.63) is 69.6 Å². The molecule has 14 nitrogen and oxygen atoms in total. The van der Waals surface area contributed by atoms with Crippen molar-refractivity contribution in [2.75, 3.05) is 27.3 Å². The van der Waals surface area contributed by atoms with Crippen molar-refractivity contribution in [3.8, 4) is 23.7 Å². The fourth-order valence-electron chi connectivity index (χ4n) is 7.33. The van der Waals surface area contributed by atoms with Gasteiger partial charge in [0, 0.05) is 30.0 Å². The Kier molecular flexibility index (Phi) is 13.3. The van der Waals surface area contributed by atoms with E-state index in [0.717, 1.165) is 0 Å². The number of amides is 4. The van der Waals surface area contributed by atoms with Gasteiger partial charge in [0.05, 0.1) is 31.9 Å². The monoisotopic (exact) mass is 784 g/mol. The van der Waals surface area contributed by atoms with E-state index >= 15 is 4.39 Å². The fourth-order valence-corrected chi connectivity index (χ4v) is 7.33. The molecule has 4 amide bonds. The summed E-state index contributed by atoms with van der Waals surface area (Å²) in [7, 11) is 2.52. The summed E-state index contributed by atoms with van der Waals surface area (Å²) in [6, 6.07) is 2.37. The Hall–Kier alpha value is -5.83. The number of imidazole rings is 2. The number of ether oxygens (including phenoxy) is 2. The molecular formula is C42H53FN8O6. The van der Waals surface area contributed by atoms with Gasteiger partial charge in [0.1, 0.15) is 40.9 Å². The second-order valence-electron chi connectivity index (χ2n) is 15.8. The molecule has 304 valence electrons. The standard InChI is InChI=1S/C42H53FN8O6/c1-22(2)35(48-41(54)56-9)39(52)50-20-24(5)17-33(50)37-44-26(7)31(46-37)15-12-28-11-13-29(30(43)19-28)14-16-32-27(8)45-38(47-32)34-18-25(6)21-51(34)40(53)36(23(3)4)49-42(55)57-10/h11,13,19,22-25,33-36H,17-18,20-21H2,1-10H3,(H,44,46)(H,45,47)(H,48,54)(H,49,55)/t24-,25-,33-,34-,35-,36-/m0/s1. The number of benzene rings is 1. The van der Waals surface area contributed by atoms with Crippen molar-refractivity contribution in [2.45, 2.75) is 92.4 Å². The number of rotatable bonds is 8. The number of carbonyl (C=O) groups is 4. The smallest absolute Gasteiger partial charge is 0.407 e. The summed E-state index contributed by atoms with van der Waals surface area (Å²) in [6.45, 7) is 16.3. The van der Waals surface area contributed by atoms with Crippen LogP contribution in [-0.2, 0) is 19.1 Å². The lowest BCUT2D eigenvalue weighted by Crippen LogP contribution is -2.51. The molecule has 0 saturated carbocycles. The number of nitrogens with one attached hydrogen (secondary N) is 4. The third-order valence-corrected chi connectivity index (χ3v) is 10.4. The van der Waals surface area contributed by atoms with Crippen LogP contribution in [-0.4, -0.2) is 93.1 Å². The number of halogens is 1. The highest BCUT2D eigenvalue weighted by molar-refractivity contribution is 5.87. The molecule has 1 aromatic carbocycles. The van der Waals surface area contributed by atoms with Gasteiger partial charge in [-0.15, -0.1) is 0 Å². The van der Waals surface area contributed by atoms with Crippen molar-refractivity contribution in [3.63, 3.8) is 0 Å². The molecule has 2 aliphatic rings. The van der Waals surface area contributed by atoms with Crippen molar-refractivity contribution < 1.29 is 33.0 Å². The van der Waals surface area contributed by atoms with E-state index in [1.165, 1.54) is 20.3 Å². The number of nitrogens with zero attached hydrogens (tertiary/aromatic N) is 4. The molecule has 0 spiro atoms. The molecule has 2 fully saturated rings. The third-order valence-electron chi connectivity index (χ3n) is 10.4. The maximum Gasteiger partial charge on any atom is 0.407 e. The van der Waals surface area contributed by atoms with E-state index < -0.39 is 30.1 Å². The lowest BCUT2D eigenvalue weighted by molar-refractivity contribution is -0.136. The second-order valence-corrected chi connectivity index (χ2v) is 15.8. The minimum atomic E-state index is -0.761. The molecule has 0 unspecified atom stereocenters. The van der Waals surface area contributed by atoms with Crippen LogP contribution in [0.2, 0.25) is 0 Å². The molecule has 15 heteroatoms. The first-order valence-corrected chi connectivity index (χ1v) is 19.3. The van der Waals surface area contributed by atoms with Crippen LogP contribution in [0.1, 0.15) is 112 Å². The number of carbonyl (C=O) groups excluding carboxylic acids is 4. The average molecular weight is 785 g/mol. The van der Waals surface area contributed by atoms with Crippen LogP contribution < -0.4 is 10.6 Å². The molecule has 2 saturated heterocycles. The van der Waals surface area contributed by atoms with Crippen LogP contribution in [0.4, 0.5) is 14.0 Å². The number of H-pyrrole nitrogens is 2. The van der Waals surface area contributed by atoms with E-state index in [0.29, 0.717) is 65.9 Å². The predicted octanol–water partition coefficient (Wildman–Crippen LogP) is 5.27. The normalized spacial score (nSPS) is 20.0. The Morgan fingerprint density at radius 2 is 1.19 bits per heavy atom. The van der Waals surface area contributed by atoms with Gasteiger partial charge >= 0.3 is 12.2 Å². The molecule has 57 heavy (non-hydrogen) atoms. The summed E-state index contributed by atoms with van der Waals surface area (Å²) in [6.07, 6.45) is 0.0314. The molecule has 6 atom stereocenters. The Morgan fingerprint density at radius 3 is 1.60 bits per heavy atom. The zero-order chi connectivity index (χ0) is 41.7. The maximum absolute atomic E-state index is 15.4. The van der Waals surface area contributed by atoms with Crippen molar-refractivity contribution in [1.82, 2.24) is 40.4 Å². The topological polar surface area (TPSA) is 175 Å². The summed E-state index contributed by atoms with van der Waals surface area (Å²) < 4.78 is 24.9. The fraction of sp³-hybridized carbons (Fsp3) is 0.524. The van der Waals surface area contributed by atoms with E-state index in [1.54, 1.807) is 21.9 Å². The van der Waals surface area contributed by atoms with Gasteiger partial charge in [-0.3, -0.25) is 9.59 Å². The minimum absolute atomic E-state index is 0.161. The molecule has 2 aromatic heterocycles. The van der Waals surface area contributed by atoms with Crippen molar-refractivity contribution in [2.24, 2.45) is 23.7 Å². The van der Waals surface area contributed by atoms with Gasteiger partial charge in [-0.1, -0.05) is 53.4 Å². The Morgan fingerprint density at radius 1 is 0.754 bits per heavy atom. The predicted molar refractivity (Wildman–Crippen MR) is 210 cm³/mol. The van der Waals surface area contributed by atoms with E-state index in [2.05, 4.69) is 58.1 Å². The zero-order valence-corrected chi connectivity index (χ0v) is 34.3. The molecule has 0 bridgehead atoms. The number of alkyl carbamates (subject to hydrolysis) is 2. The van der Waals surface area contributed by atoms with Crippen LogP contribution in [0, 0.1) is 67.0 Å². The lowest BCUT2D eigenvalue weighted by atomic mass is 10.0. The average Bonchev–Trinajstić information content (AvgIpc) is 3.95. The van der Waals surface area contributed by atoms with Gasteiger partial charge in [-0.25, -0.2) is 23.9 Å². The lowest BCUT2D eigenvalue weighted by Gasteiger charge is -2.30. The first-order chi connectivity index (χ1) is 27.0. The number of hydrogen-bond donors (Lipinski definition) is 4. The summed E-state index contributed by atoms with van der Waals surface area (Å²) in [5, 5.41) is 5.33. The molecule has 3 aromatic rings. The van der Waals surface area contributed by atoms with Gasteiger partial charge in [-0.2, -0.15) is 0 Å². The van der Waals surface area contributed by atoms with Crippen molar-refractivity contribution >= 4 is 24.0 Å². The quantitative estimate of drug-likeness (QED) is 0.224. The van der Waals surface area contributed by atoms with E-state index in [1.807, 2.05) is 41.5 Å². The number of aromatic nitrogens is 4. The first kappa shape index (κ1) is 42.3. The van der Waals surface area contributed by atoms with Gasteiger partial charge in [0.2, 0.25) is 11.8 Å². The maximum atomic E-state index is 15.4. The SMILES string of the molecule is COC(=O)N[C@H](C(=O)N1C[C@@H](C)C[C@H]1c1nc(C#Cc2ccc(C#Cc3nc([C@@H]4C[C@H](C)CN4C(=O)[C@@H](NC(=O)OC)C(C)C)[nH]c3C)c(F)c2)c(C)[nH]1)C(C)C. The third kappa shape index (κ3) is 9.77. The zero-order valence-electron chi connectivity index (χ0n) is 34.3. The highest BCUT2D eigenvalue weighted by atomic mass is 19.1. The molecule has 5 rings (SSSR count). The minimum Gasteiger partial charge on any atom is -0.453 e. The van der Waals surface area contributed by atoms with Gasteiger partial charge in [-0.05, 0) is 80.4 Å². The Balaban J connectivity index is 1.30. The van der Waals surface area contributed by atoms with Gasteiger partial charge < -0.3 is 39.9 Å². The number of aryl methyl sites for hydroxylation is 2. The summed E-state index contributed by atoms with van der Waals surface area (Å²) in [4.78, 5) is 70.8. The number of methoxy groups -OCH3 is 2. The number of hydrogen-bond acceptors (Lipinski definition) is 8. The molecule has 4 heterocycles. The number of aromatic amines is 2. The first-order valence-electron chi connectivity index (χ1n) is 19.3. The van der Waals surface area contributed by atoms with Crippen LogP contribution >= 0.6 is 0 Å². The van der Waals surface area contributed by atoms with E-state index in [4.69, 9.17) is 19.4 Å². The summed E-state index contributed by atoms with van der Waals surface area (Å²) >= 11 is 0. The van der Waals surface area contributed by atoms with Crippen LogP contribution in [0.15, 0.2) is 18.2 Å². The van der Waals surface area contributed by atoms with Gasteiger partial charge in [0.15, 0.2) is 0 Å². The van der Waals surface area contributed by atoms with E-state index in [9.17, 15) is 19.2 Å². The second kappa shape index (κ2) is 18.0. The van der Waals surface area contributed by atoms with Gasteiger partial charge in [0.25, 0.3) is 0 Å². The molecule has 0 radical (unpaired) electrons. The van der Waals surface area contributed by atoms with Crippen molar-refractivity contribution in [1.29, 1.82) is 0 Å². The molecule has 0 aliphatic carbocycles. The summed E-state index contributed by atoms with van der Waals surface area (Å²) in [5.41, 5.74) is 2.92. The van der Waals surface area contributed by atoms with Crippen LogP contribution in [0.5, 0.6) is 0 Å². The molecule has 2 aliphatic heterocycles. The Bertz CT molecular complexity index is 2120. The molecular weight excluding hydrogens is 732 g/mol. The molecule has 4 N–H and O–H groups in total. The number of likely N-dealkylation sites (tertiary alicyclic amines) is 2. The highest BCUT2D eigenvalue weighted by Gasteiger charge is 2.41. The Labute approximate surface area is 333 Å². The van der Waals surface area contributed by atoms with E-state index in [-0.39, 0.29) is 53.1 Å².